The van der Waals surface area contributed by atoms with Crippen LogP contribution in [0.1, 0.15) is 0 Å². The molecule has 0 radical (unpaired) electrons. The summed E-state index contributed by atoms with van der Waals surface area (Å²) in [6.07, 6.45) is 0. The second kappa shape index (κ2) is 13.0. The summed E-state index contributed by atoms with van der Waals surface area (Å²) in [5.41, 5.74) is 12.2. The van der Waals surface area contributed by atoms with Crippen LogP contribution < -0.4 is 0 Å². The van der Waals surface area contributed by atoms with Crippen molar-refractivity contribution in [1.82, 2.24) is 15.0 Å². The van der Waals surface area contributed by atoms with E-state index >= 15 is 0 Å². The van der Waals surface area contributed by atoms with Crippen LogP contribution in [0.25, 0.3) is 111 Å². The van der Waals surface area contributed by atoms with E-state index in [4.69, 9.17) is 23.8 Å². The molecule has 0 N–H and O–H groups in total. The highest BCUT2D eigenvalue weighted by Crippen LogP contribution is 2.40. The van der Waals surface area contributed by atoms with Gasteiger partial charge in [0, 0.05) is 27.1 Å². The Kier molecular flexibility index (Phi) is 7.42. The lowest BCUT2D eigenvalue weighted by atomic mass is 9.93. The fourth-order valence-electron chi connectivity index (χ4n) is 7.87. The van der Waals surface area contributed by atoms with Gasteiger partial charge in [0.15, 0.2) is 17.5 Å². The zero-order valence-electron chi connectivity index (χ0n) is 30.1. The number of fused-ring (bicyclic) bond motifs is 6. The number of nitrogens with zero attached hydrogens (tertiary/aromatic N) is 3. The molecule has 0 atom stereocenters. The van der Waals surface area contributed by atoms with Gasteiger partial charge in [-0.1, -0.05) is 146 Å². The summed E-state index contributed by atoms with van der Waals surface area (Å²) in [5.74, 6) is 1.58. The maximum absolute atomic E-state index is 6.52. The largest absolute Gasteiger partial charge is 0.455 e. The maximum atomic E-state index is 6.52. The first-order chi connectivity index (χ1) is 27.7. The Morgan fingerprint density at radius 2 is 0.696 bits per heavy atom. The van der Waals surface area contributed by atoms with Crippen LogP contribution in [-0.4, -0.2) is 15.0 Å². The lowest BCUT2D eigenvalue weighted by Crippen LogP contribution is -2.01. The number of para-hydroxylation sites is 4. The summed E-state index contributed by atoms with van der Waals surface area (Å²) in [4.78, 5) is 15.7. The number of furan rings is 2. The highest BCUT2D eigenvalue weighted by Gasteiger charge is 2.22. The van der Waals surface area contributed by atoms with Crippen LogP contribution in [0.15, 0.2) is 197 Å². The van der Waals surface area contributed by atoms with Crippen molar-refractivity contribution >= 4 is 43.9 Å². The first-order valence-corrected chi connectivity index (χ1v) is 18.7. The molecule has 0 aliphatic heterocycles. The van der Waals surface area contributed by atoms with Crippen LogP contribution >= 0.6 is 0 Å². The van der Waals surface area contributed by atoms with E-state index in [0.29, 0.717) is 17.5 Å². The summed E-state index contributed by atoms with van der Waals surface area (Å²) in [6.45, 7) is 0. The Balaban J connectivity index is 1.16. The van der Waals surface area contributed by atoms with Gasteiger partial charge in [0.2, 0.25) is 0 Å². The topological polar surface area (TPSA) is 65.0 Å². The molecule has 262 valence electrons. The molecule has 5 heteroatoms. The van der Waals surface area contributed by atoms with Crippen molar-refractivity contribution < 1.29 is 8.83 Å². The van der Waals surface area contributed by atoms with Crippen LogP contribution in [-0.2, 0) is 0 Å². The van der Waals surface area contributed by atoms with Crippen molar-refractivity contribution in [3.8, 4) is 67.5 Å². The summed E-state index contributed by atoms with van der Waals surface area (Å²) in [5, 5.41) is 4.11. The standard InChI is InChI=1S/C51H31N3O2/c1-3-14-32(15-4-1)34-18-11-19-35(30-34)36-28-29-41(44(31-36)33-16-5-2-6-17-33)49-52-50(42-24-12-22-39-37-20-7-9-26-45(37)55-47(39)42)54-51(53-49)43-25-13-23-40-38-21-8-10-27-46(38)56-48(40)43/h1-31H. The van der Waals surface area contributed by atoms with Gasteiger partial charge in [-0.3, -0.25) is 0 Å². The van der Waals surface area contributed by atoms with Gasteiger partial charge in [0.25, 0.3) is 0 Å². The van der Waals surface area contributed by atoms with Crippen LogP contribution in [0.5, 0.6) is 0 Å². The van der Waals surface area contributed by atoms with Gasteiger partial charge >= 0.3 is 0 Å². The first-order valence-electron chi connectivity index (χ1n) is 18.7. The van der Waals surface area contributed by atoms with Gasteiger partial charge in [-0.05, 0) is 75.8 Å². The third kappa shape index (κ3) is 5.37. The minimum absolute atomic E-state index is 0.515. The third-order valence-corrected chi connectivity index (χ3v) is 10.6. The van der Waals surface area contributed by atoms with Crippen LogP contribution in [0.3, 0.4) is 0 Å². The van der Waals surface area contributed by atoms with E-state index in [2.05, 4.69) is 115 Å². The molecule has 0 unspecified atom stereocenters. The average Bonchev–Trinajstić information content (AvgIpc) is 3.86. The average molecular weight is 718 g/mol. The molecule has 11 aromatic rings. The monoisotopic (exact) mass is 717 g/mol. The highest BCUT2D eigenvalue weighted by atomic mass is 16.3. The molecule has 0 bridgehead atoms. The zero-order chi connectivity index (χ0) is 37.0. The van der Waals surface area contributed by atoms with Crippen LogP contribution in [0.2, 0.25) is 0 Å². The molecule has 0 aliphatic carbocycles. The van der Waals surface area contributed by atoms with Crippen molar-refractivity contribution in [2.45, 2.75) is 0 Å². The van der Waals surface area contributed by atoms with Crippen molar-refractivity contribution in [2.75, 3.05) is 0 Å². The molecule has 11 rings (SSSR count). The first kappa shape index (κ1) is 31.9. The molecule has 0 fully saturated rings. The Morgan fingerprint density at radius 3 is 1.29 bits per heavy atom. The van der Waals surface area contributed by atoms with Gasteiger partial charge in [-0.2, -0.15) is 0 Å². The summed E-state index contributed by atoms with van der Waals surface area (Å²) in [6, 6.07) is 64.7. The second-order valence-corrected chi connectivity index (χ2v) is 13.9. The van der Waals surface area contributed by atoms with E-state index in [-0.39, 0.29) is 0 Å². The van der Waals surface area contributed by atoms with Gasteiger partial charge in [0.1, 0.15) is 22.3 Å². The van der Waals surface area contributed by atoms with E-state index in [9.17, 15) is 0 Å². The fourth-order valence-corrected chi connectivity index (χ4v) is 7.87. The molecule has 3 aromatic heterocycles. The maximum Gasteiger partial charge on any atom is 0.167 e. The molecular formula is C51H31N3O2. The molecule has 0 aliphatic rings. The van der Waals surface area contributed by atoms with Crippen LogP contribution in [0.4, 0.5) is 0 Å². The Labute approximate surface area is 322 Å². The van der Waals surface area contributed by atoms with Crippen molar-refractivity contribution in [1.29, 1.82) is 0 Å². The molecule has 5 nitrogen and oxygen atoms in total. The van der Waals surface area contributed by atoms with Gasteiger partial charge < -0.3 is 8.83 Å². The smallest absolute Gasteiger partial charge is 0.167 e. The van der Waals surface area contributed by atoms with Gasteiger partial charge in [-0.25, -0.2) is 15.0 Å². The van der Waals surface area contributed by atoms with E-state index in [0.717, 1.165) is 82.8 Å². The number of hydrogen-bond acceptors (Lipinski definition) is 5. The summed E-state index contributed by atoms with van der Waals surface area (Å²) in [7, 11) is 0. The minimum Gasteiger partial charge on any atom is -0.455 e. The van der Waals surface area contributed by atoms with E-state index in [1.807, 2.05) is 72.8 Å². The molecule has 0 saturated heterocycles. The Morgan fingerprint density at radius 1 is 0.268 bits per heavy atom. The van der Waals surface area contributed by atoms with E-state index < -0.39 is 0 Å². The number of benzene rings is 8. The lowest BCUT2D eigenvalue weighted by molar-refractivity contribution is 0.669. The highest BCUT2D eigenvalue weighted by molar-refractivity contribution is 6.10. The Bertz CT molecular complexity index is 3120. The number of rotatable bonds is 6. The Hall–Kier alpha value is -7.63. The normalized spacial score (nSPS) is 11.6. The lowest BCUT2D eigenvalue weighted by Gasteiger charge is -2.14. The third-order valence-electron chi connectivity index (χ3n) is 10.6. The quantitative estimate of drug-likeness (QED) is 0.171. The minimum atomic E-state index is 0.515. The van der Waals surface area contributed by atoms with E-state index in [1.165, 1.54) is 11.1 Å². The van der Waals surface area contributed by atoms with Crippen molar-refractivity contribution in [3.05, 3.63) is 188 Å². The van der Waals surface area contributed by atoms with Gasteiger partial charge in [-0.15, -0.1) is 0 Å². The fraction of sp³-hybridized carbons (Fsp3) is 0. The number of hydrogen-bond donors (Lipinski definition) is 0. The molecule has 0 saturated carbocycles. The summed E-state index contributed by atoms with van der Waals surface area (Å²) < 4.78 is 13.0. The number of aromatic nitrogens is 3. The molecule has 0 spiro atoms. The van der Waals surface area contributed by atoms with Gasteiger partial charge in [0.05, 0.1) is 11.1 Å². The van der Waals surface area contributed by atoms with Crippen molar-refractivity contribution in [3.63, 3.8) is 0 Å². The molecular weight excluding hydrogens is 687 g/mol. The molecule has 3 heterocycles. The van der Waals surface area contributed by atoms with Crippen molar-refractivity contribution in [2.24, 2.45) is 0 Å². The predicted molar refractivity (Wildman–Crippen MR) is 227 cm³/mol. The van der Waals surface area contributed by atoms with E-state index in [1.54, 1.807) is 0 Å². The molecule has 0 amide bonds. The second-order valence-electron chi connectivity index (χ2n) is 13.9. The predicted octanol–water partition coefficient (Wildman–Crippen LogP) is 13.7. The molecule has 8 aromatic carbocycles. The summed E-state index contributed by atoms with van der Waals surface area (Å²) >= 11 is 0. The van der Waals surface area contributed by atoms with Crippen LogP contribution in [0, 0.1) is 0 Å². The molecule has 56 heavy (non-hydrogen) atoms. The zero-order valence-corrected chi connectivity index (χ0v) is 30.1. The SMILES string of the molecule is c1ccc(-c2cccc(-c3ccc(-c4nc(-c5cccc6c5oc5ccccc56)nc(-c5cccc6c5oc5ccccc56)n4)c(-c4ccccc4)c3)c2)cc1.